The molecular formula is C20H16BrN3O. The van der Waals surface area contributed by atoms with E-state index in [1.165, 1.54) is 0 Å². The highest BCUT2D eigenvalue weighted by Gasteiger charge is 2.38. The van der Waals surface area contributed by atoms with Crippen LogP contribution in [0.2, 0.25) is 0 Å². The predicted octanol–water partition coefficient (Wildman–Crippen LogP) is 4.92. The molecule has 25 heavy (non-hydrogen) atoms. The van der Waals surface area contributed by atoms with Crippen LogP contribution in [0.5, 0.6) is 0 Å². The highest BCUT2D eigenvalue weighted by Crippen LogP contribution is 2.37. The van der Waals surface area contributed by atoms with E-state index >= 15 is 0 Å². The molecule has 1 aliphatic heterocycles. The second-order valence-electron chi connectivity index (χ2n) is 5.96. The summed E-state index contributed by atoms with van der Waals surface area (Å²) in [4.78, 5) is 19.2. The zero-order valence-corrected chi connectivity index (χ0v) is 15.2. The maximum atomic E-state index is 13.0. The molecule has 1 aromatic heterocycles. The second kappa shape index (κ2) is 6.33. The number of amides is 1. The number of rotatable bonds is 3. The number of hydrogen-bond donors (Lipinski definition) is 1. The molecule has 124 valence electrons. The Hall–Kier alpha value is -2.66. The quantitative estimate of drug-likeness (QED) is 0.686. The van der Waals surface area contributed by atoms with Gasteiger partial charge in [-0.05, 0) is 55.0 Å². The summed E-state index contributed by atoms with van der Waals surface area (Å²) in [5.41, 5.74) is 4.30. The number of hydrogen-bond acceptors (Lipinski definition) is 3. The summed E-state index contributed by atoms with van der Waals surface area (Å²) in [6.07, 6.45) is 1.38. The van der Waals surface area contributed by atoms with E-state index in [1.807, 2.05) is 55.5 Å². The molecule has 1 aliphatic rings. The first-order valence-corrected chi connectivity index (χ1v) is 8.80. The van der Waals surface area contributed by atoms with Crippen molar-refractivity contribution in [2.24, 2.45) is 0 Å². The molecule has 4 nitrogen and oxygen atoms in total. The molecule has 0 fully saturated rings. The van der Waals surface area contributed by atoms with Crippen molar-refractivity contribution in [3.8, 4) is 0 Å². The van der Waals surface area contributed by atoms with Crippen molar-refractivity contribution < 1.29 is 4.79 Å². The van der Waals surface area contributed by atoms with Gasteiger partial charge in [0.15, 0.2) is 6.17 Å². The number of carbonyl (C=O) groups is 1. The number of anilines is 2. The van der Waals surface area contributed by atoms with Gasteiger partial charge in [-0.1, -0.05) is 34.1 Å². The van der Waals surface area contributed by atoms with Gasteiger partial charge in [0, 0.05) is 22.0 Å². The molecule has 0 aliphatic carbocycles. The minimum Gasteiger partial charge on any atom is -0.360 e. The molecule has 2 aromatic carbocycles. The van der Waals surface area contributed by atoms with Gasteiger partial charge in [-0.15, -0.1) is 0 Å². The number of fused-ring (bicyclic) bond motifs is 1. The van der Waals surface area contributed by atoms with E-state index in [1.54, 1.807) is 17.2 Å². The van der Waals surface area contributed by atoms with E-state index in [-0.39, 0.29) is 12.1 Å². The SMILES string of the molecule is Cc1cc(N[C@H]2c3ncccc3C(=O)N2c2ccccc2)ccc1Br. The zero-order valence-electron chi connectivity index (χ0n) is 13.6. The van der Waals surface area contributed by atoms with Crippen LogP contribution in [0.15, 0.2) is 71.3 Å². The number of para-hydroxylation sites is 1. The van der Waals surface area contributed by atoms with Crippen molar-refractivity contribution in [2.75, 3.05) is 10.2 Å². The molecule has 2 heterocycles. The monoisotopic (exact) mass is 393 g/mol. The molecule has 0 saturated carbocycles. The van der Waals surface area contributed by atoms with Crippen LogP contribution in [0.3, 0.4) is 0 Å². The van der Waals surface area contributed by atoms with Crippen molar-refractivity contribution in [1.29, 1.82) is 0 Å². The Labute approximate surface area is 154 Å². The Balaban J connectivity index is 1.78. The van der Waals surface area contributed by atoms with Gasteiger partial charge < -0.3 is 5.32 Å². The van der Waals surface area contributed by atoms with Crippen LogP contribution in [0.1, 0.15) is 27.8 Å². The van der Waals surface area contributed by atoms with Gasteiger partial charge in [-0.2, -0.15) is 0 Å². The van der Waals surface area contributed by atoms with Crippen molar-refractivity contribution in [3.63, 3.8) is 0 Å². The molecule has 0 radical (unpaired) electrons. The summed E-state index contributed by atoms with van der Waals surface area (Å²) in [6, 6.07) is 19.3. The molecule has 4 rings (SSSR count). The van der Waals surface area contributed by atoms with Crippen molar-refractivity contribution in [3.05, 3.63) is 88.2 Å². The van der Waals surface area contributed by atoms with Crippen molar-refractivity contribution in [1.82, 2.24) is 4.98 Å². The van der Waals surface area contributed by atoms with Crippen LogP contribution in [0.4, 0.5) is 11.4 Å². The normalized spacial score (nSPS) is 16.0. The number of aromatic nitrogens is 1. The number of nitrogens with one attached hydrogen (secondary N) is 1. The van der Waals surface area contributed by atoms with E-state index in [0.717, 1.165) is 27.1 Å². The summed E-state index contributed by atoms with van der Waals surface area (Å²) < 4.78 is 1.05. The highest BCUT2D eigenvalue weighted by molar-refractivity contribution is 9.10. The Bertz CT molecular complexity index is 943. The topological polar surface area (TPSA) is 45.2 Å². The fraction of sp³-hybridized carbons (Fsp3) is 0.100. The minimum atomic E-state index is -0.341. The number of pyridine rings is 1. The van der Waals surface area contributed by atoms with Gasteiger partial charge in [0.25, 0.3) is 5.91 Å². The van der Waals surface area contributed by atoms with E-state index in [0.29, 0.717) is 5.56 Å². The number of nitrogens with zero attached hydrogens (tertiary/aromatic N) is 2. The largest absolute Gasteiger partial charge is 0.360 e. The number of halogens is 1. The van der Waals surface area contributed by atoms with Gasteiger partial charge >= 0.3 is 0 Å². The molecule has 0 unspecified atom stereocenters. The molecule has 1 amide bonds. The van der Waals surface area contributed by atoms with Crippen molar-refractivity contribution >= 4 is 33.2 Å². The molecular weight excluding hydrogens is 378 g/mol. The van der Waals surface area contributed by atoms with Crippen LogP contribution < -0.4 is 10.2 Å². The number of aryl methyl sites for hydroxylation is 1. The van der Waals surface area contributed by atoms with Gasteiger partial charge in [-0.25, -0.2) is 0 Å². The maximum Gasteiger partial charge on any atom is 0.262 e. The fourth-order valence-corrected chi connectivity index (χ4v) is 3.31. The lowest BCUT2D eigenvalue weighted by atomic mass is 10.2. The molecule has 0 spiro atoms. The molecule has 1 atom stereocenters. The van der Waals surface area contributed by atoms with E-state index in [9.17, 15) is 4.79 Å². The molecule has 1 N–H and O–H groups in total. The first-order chi connectivity index (χ1) is 12.1. The van der Waals surface area contributed by atoms with Crippen LogP contribution in [0, 0.1) is 6.92 Å². The van der Waals surface area contributed by atoms with Gasteiger partial charge in [0.1, 0.15) is 0 Å². The van der Waals surface area contributed by atoms with Gasteiger partial charge in [0.05, 0.1) is 11.3 Å². The Kier molecular flexibility index (Phi) is 4.01. The second-order valence-corrected chi connectivity index (χ2v) is 6.81. The van der Waals surface area contributed by atoms with Crippen LogP contribution >= 0.6 is 15.9 Å². The third kappa shape index (κ3) is 2.81. The lowest BCUT2D eigenvalue weighted by Crippen LogP contribution is -2.32. The number of carbonyl (C=O) groups excluding carboxylic acids is 1. The van der Waals surface area contributed by atoms with E-state index in [2.05, 4.69) is 32.3 Å². The Morgan fingerprint density at radius 2 is 1.88 bits per heavy atom. The fourth-order valence-electron chi connectivity index (χ4n) is 3.07. The smallest absolute Gasteiger partial charge is 0.262 e. The van der Waals surface area contributed by atoms with Crippen LogP contribution in [0.25, 0.3) is 0 Å². The standard InChI is InChI=1S/C20H16BrN3O/c1-13-12-14(9-10-17(13)21)23-19-18-16(8-5-11-22-18)20(25)24(19)15-6-3-2-4-7-15/h2-12,19,23H,1H3/t19-/m1/s1. The molecule has 0 saturated heterocycles. The van der Waals surface area contributed by atoms with Gasteiger partial charge in [-0.3, -0.25) is 14.7 Å². The summed E-state index contributed by atoms with van der Waals surface area (Å²) in [7, 11) is 0. The Morgan fingerprint density at radius 3 is 2.64 bits per heavy atom. The summed E-state index contributed by atoms with van der Waals surface area (Å²) in [5, 5.41) is 3.47. The van der Waals surface area contributed by atoms with E-state index in [4.69, 9.17) is 0 Å². The third-order valence-corrected chi connectivity index (χ3v) is 5.19. The molecule has 3 aromatic rings. The molecule has 5 heteroatoms. The number of benzene rings is 2. The average Bonchev–Trinajstić information content (AvgIpc) is 2.91. The summed E-state index contributed by atoms with van der Waals surface area (Å²) in [6.45, 7) is 2.04. The first-order valence-electron chi connectivity index (χ1n) is 8.01. The summed E-state index contributed by atoms with van der Waals surface area (Å²) in [5.74, 6) is -0.0411. The highest BCUT2D eigenvalue weighted by atomic mass is 79.9. The minimum absolute atomic E-state index is 0.0411. The Morgan fingerprint density at radius 1 is 1.08 bits per heavy atom. The average molecular weight is 394 g/mol. The molecule has 0 bridgehead atoms. The van der Waals surface area contributed by atoms with Crippen LogP contribution in [-0.4, -0.2) is 10.9 Å². The summed E-state index contributed by atoms with van der Waals surface area (Å²) >= 11 is 3.52. The lowest BCUT2D eigenvalue weighted by molar-refractivity contribution is 0.0993. The third-order valence-electron chi connectivity index (χ3n) is 4.30. The van der Waals surface area contributed by atoms with Crippen LogP contribution in [-0.2, 0) is 0 Å². The predicted molar refractivity (Wildman–Crippen MR) is 103 cm³/mol. The van der Waals surface area contributed by atoms with Gasteiger partial charge in [0.2, 0.25) is 0 Å². The zero-order chi connectivity index (χ0) is 17.4. The lowest BCUT2D eigenvalue weighted by Gasteiger charge is -2.26. The first kappa shape index (κ1) is 15.8. The maximum absolute atomic E-state index is 13.0. The van der Waals surface area contributed by atoms with E-state index < -0.39 is 0 Å². The van der Waals surface area contributed by atoms with Crippen molar-refractivity contribution in [2.45, 2.75) is 13.1 Å².